The van der Waals surface area contributed by atoms with Crippen LogP contribution in [0.15, 0.2) is 40.8 Å². The molecule has 8 nitrogen and oxygen atoms in total. The van der Waals surface area contributed by atoms with Gasteiger partial charge in [-0.3, -0.25) is 14.9 Å². The smallest absolute Gasteiger partial charge is 0.433 e. The van der Waals surface area contributed by atoms with E-state index in [0.717, 1.165) is 6.08 Å². The molecule has 26 heavy (non-hydrogen) atoms. The quantitative estimate of drug-likeness (QED) is 0.233. The minimum Gasteiger partial charge on any atom is -0.493 e. The molecule has 0 saturated heterocycles. The van der Waals surface area contributed by atoms with Gasteiger partial charge < -0.3 is 13.9 Å². The lowest BCUT2D eigenvalue weighted by atomic mass is 10.1. The van der Waals surface area contributed by atoms with Crippen molar-refractivity contribution in [1.82, 2.24) is 0 Å². The molecule has 0 spiro atoms. The maximum absolute atomic E-state index is 11.8. The normalized spacial score (nSPS) is 10.7. The number of hydrogen-bond acceptors (Lipinski definition) is 7. The molecule has 2 aromatic rings. The predicted molar refractivity (Wildman–Crippen MR) is 91.8 cm³/mol. The average molecular weight is 359 g/mol. The molecule has 0 bridgehead atoms. The van der Waals surface area contributed by atoms with Crippen molar-refractivity contribution in [2.45, 2.75) is 20.5 Å². The molecule has 8 heteroatoms. The Bertz CT molecular complexity index is 851. The number of furan rings is 1. The Hall–Kier alpha value is -3.42. The van der Waals surface area contributed by atoms with Crippen molar-refractivity contribution in [1.29, 1.82) is 0 Å². The minimum atomic E-state index is -0.674. The van der Waals surface area contributed by atoms with Crippen LogP contribution in [0.4, 0.5) is 5.88 Å². The third-order valence-electron chi connectivity index (χ3n) is 3.31. The Kier molecular flexibility index (Phi) is 6.26. The molecular formula is C18H17NO7. The molecule has 0 amide bonds. The topological polar surface area (TPSA) is 109 Å². The van der Waals surface area contributed by atoms with Gasteiger partial charge in [0.05, 0.1) is 12.7 Å². The number of carbonyl (C=O) groups excluding carboxylic acids is 2. The van der Waals surface area contributed by atoms with Crippen LogP contribution in [-0.2, 0) is 16.1 Å². The summed E-state index contributed by atoms with van der Waals surface area (Å²) in [7, 11) is 0. The Balaban J connectivity index is 2.03. The van der Waals surface area contributed by atoms with Crippen LogP contribution in [-0.4, -0.2) is 23.3 Å². The van der Waals surface area contributed by atoms with E-state index in [-0.39, 0.29) is 18.2 Å². The summed E-state index contributed by atoms with van der Waals surface area (Å²) < 4.78 is 15.5. The first-order chi connectivity index (χ1) is 12.4. The molecule has 0 fully saturated rings. The number of nitro groups is 1. The number of Topliss-reactive ketones (excluding diaryl/α,β-unsaturated/α-hetero) is 1. The lowest BCUT2D eigenvalue weighted by Gasteiger charge is -2.11. The number of benzene rings is 1. The van der Waals surface area contributed by atoms with Crippen molar-refractivity contribution in [3.05, 3.63) is 63.4 Å². The molecule has 0 aliphatic carbocycles. The van der Waals surface area contributed by atoms with Crippen molar-refractivity contribution in [3.63, 3.8) is 0 Å². The molecule has 0 aliphatic heterocycles. The first-order valence-corrected chi connectivity index (χ1v) is 7.76. The lowest BCUT2D eigenvalue weighted by molar-refractivity contribution is -0.402. The van der Waals surface area contributed by atoms with Gasteiger partial charge in [0.25, 0.3) is 0 Å². The van der Waals surface area contributed by atoms with Crippen LogP contribution in [0.2, 0.25) is 0 Å². The van der Waals surface area contributed by atoms with E-state index >= 15 is 0 Å². The highest BCUT2D eigenvalue weighted by Crippen LogP contribution is 2.22. The van der Waals surface area contributed by atoms with Gasteiger partial charge >= 0.3 is 11.9 Å². The first kappa shape index (κ1) is 18.9. The molecule has 0 unspecified atom stereocenters. The van der Waals surface area contributed by atoms with Gasteiger partial charge in [-0.25, -0.2) is 4.79 Å². The standard InChI is InChI=1S/C18H17NO7/c1-3-24-16-7-4-13(12(2)20)10-14(16)11-25-18(21)9-6-15-5-8-17(26-15)19(22)23/h4-10H,3,11H2,1-2H3/b9-6+. The van der Waals surface area contributed by atoms with Gasteiger partial charge in [0.2, 0.25) is 0 Å². The molecule has 136 valence electrons. The fourth-order valence-corrected chi connectivity index (χ4v) is 2.08. The zero-order chi connectivity index (χ0) is 19.1. The van der Waals surface area contributed by atoms with Gasteiger partial charge in [0.1, 0.15) is 23.0 Å². The van der Waals surface area contributed by atoms with Crippen molar-refractivity contribution in [3.8, 4) is 5.75 Å². The van der Waals surface area contributed by atoms with Crippen LogP contribution >= 0.6 is 0 Å². The largest absolute Gasteiger partial charge is 0.493 e. The van der Waals surface area contributed by atoms with Gasteiger partial charge in [-0.05, 0) is 44.2 Å². The fraction of sp³-hybridized carbons (Fsp3) is 0.222. The average Bonchev–Trinajstić information content (AvgIpc) is 3.08. The van der Waals surface area contributed by atoms with Gasteiger partial charge in [-0.15, -0.1) is 0 Å². The summed E-state index contributed by atoms with van der Waals surface area (Å²) in [5.74, 6) is -0.516. The third-order valence-corrected chi connectivity index (χ3v) is 3.31. The molecule has 0 atom stereocenters. The number of carbonyl (C=O) groups is 2. The Morgan fingerprint density at radius 2 is 2.04 bits per heavy atom. The maximum atomic E-state index is 11.8. The second kappa shape index (κ2) is 8.61. The van der Waals surface area contributed by atoms with Crippen molar-refractivity contribution >= 4 is 23.7 Å². The summed E-state index contributed by atoms with van der Waals surface area (Å²) in [6.45, 7) is 3.60. The number of nitrogens with zero attached hydrogens (tertiary/aromatic N) is 1. The van der Waals surface area contributed by atoms with Crippen LogP contribution in [0.25, 0.3) is 6.08 Å². The Morgan fingerprint density at radius 1 is 1.27 bits per heavy atom. The molecule has 0 aliphatic rings. The second-order valence-electron chi connectivity index (χ2n) is 5.19. The zero-order valence-corrected chi connectivity index (χ0v) is 14.3. The Labute approximate surface area is 149 Å². The summed E-state index contributed by atoms with van der Waals surface area (Å²) in [6, 6.07) is 7.46. The van der Waals surface area contributed by atoms with Gasteiger partial charge in [-0.1, -0.05) is 0 Å². The summed E-state index contributed by atoms with van der Waals surface area (Å²) >= 11 is 0. The van der Waals surface area contributed by atoms with Gasteiger partial charge in [0.15, 0.2) is 5.78 Å². The predicted octanol–water partition coefficient (Wildman–Crippen LogP) is 3.55. The molecule has 1 heterocycles. The molecule has 0 saturated carbocycles. The summed E-state index contributed by atoms with van der Waals surface area (Å²) in [5, 5.41) is 10.5. The number of esters is 1. The van der Waals surface area contributed by atoms with E-state index in [0.29, 0.717) is 23.5 Å². The highest BCUT2D eigenvalue weighted by atomic mass is 16.6. The summed E-state index contributed by atoms with van der Waals surface area (Å²) in [6.07, 6.45) is 2.36. The van der Waals surface area contributed by atoms with Crippen molar-refractivity contribution in [2.75, 3.05) is 6.61 Å². The zero-order valence-electron chi connectivity index (χ0n) is 14.3. The minimum absolute atomic E-state index is 0.0854. The monoisotopic (exact) mass is 359 g/mol. The van der Waals surface area contributed by atoms with Gasteiger partial charge in [-0.2, -0.15) is 0 Å². The lowest BCUT2D eigenvalue weighted by Crippen LogP contribution is -2.05. The van der Waals surface area contributed by atoms with Crippen LogP contribution in [0.1, 0.15) is 35.5 Å². The van der Waals surface area contributed by atoms with Crippen LogP contribution in [0, 0.1) is 10.1 Å². The van der Waals surface area contributed by atoms with Gasteiger partial charge in [0, 0.05) is 17.2 Å². The van der Waals surface area contributed by atoms with E-state index < -0.39 is 16.8 Å². The van der Waals surface area contributed by atoms with Crippen LogP contribution in [0.3, 0.4) is 0 Å². The van der Waals surface area contributed by atoms with Crippen molar-refractivity contribution in [2.24, 2.45) is 0 Å². The van der Waals surface area contributed by atoms with E-state index in [1.165, 1.54) is 25.1 Å². The molecule has 2 rings (SSSR count). The number of rotatable bonds is 8. The molecular weight excluding hydrogens is 342 g/mol. The summed E-state index contributed by atoms with van der Waals surface area (Å²) in [4.78, 5) is 33.2. The summed E-state index contributed by atoms with van der Waals surface area (Å²) in [5.41, 5.74) is 1.05. The second-order valence-corrected chi connectivity index (χ2v) is 5.19. The van der Waals surface area contributed by atoms with Crippen LogP contribution < -0.4 is 4.74 Å². The number of ether oxygens (including phenoxy) is 2. The molecule has 1 aromatic carbocycles. The first-order valence-electron chi connectivity index (χ1n) is 7.76. The van der Waals surface area contributed by atoms with E-state index in [1.54, 1.807) is 18.2 Å². The van der Waals surface area contributed by atoms with E-state index in [1.807, 2.05) is 6.92 Å². The maximum Gasteiger partial charge on any atom is 0.433 e. The number of hydrogen-bond donors (Lipinski definition) is 0. The van der Waals surface area contributed by atoms with Crippen LogP contribution in [0.5, 0.6) is 5.75 Å². The highest BCUT2D eigenvalue weighted by Gasteiger charge is 2.11. The fourth-order valence-electron chi connectivity index (χ4n) is 2.08. The van der Waals surface area contributed by atoms with E-state index in [4.69, 9.17) is 13.9 Å². The van der Waals surface area contributed by atoms with E-state index in [2.05, 4.69) is 0 Å². The third kappa shape index (κ3) is 5.04. The highest BCUT2D eigenvalue weighted by molar-refractivity contribution is 5.94. The molecule has 1 aromatic heterocycles. The molecule has 0 N–H and O–H groups in total. The Morgan fingerprint density at radius 3 is 2.65 bits per heavy atom. The number of ketones is 1. The molecule has 0 radical (unpaired) electrons. The SMILES string of the molecule is CCOc1ccc(C(C)=O)cc1COC(=O)/C=C/c1ccc([N+](=O)[O-])o1. The van der Waals surface area contributed by atoms with E-state index in [9.17, 15) is 19.7 Å². The van der Waals surface area contributed by atoms with Crippen molar-refractivity contribution < 1.29 is 28.4 Å².